The molecule has 2 rings (SSSR count). The number of alkyl halides is 3. The highest BCUT2D eigenvalue weighted by molar-refractivity contribution is 7.91. The van der Waals surface area contributed by atoms with Gasteiger partial charge < -0.3 is 5.11 Å². The predicted octanol–water partition coefficient (Wildman–Crippen LogP) is 1.94. The maximum Gasteiger partial charge on any atom is 0.453 e. The van der Waals surface area contributed by atoms with Crippen molar-refractivity contribution in [1.82, 2.24) is 25.1 Å². The standard InChI is InChI=1S/C13H20F3N5O4S/c1-8(2)26(24,25)7-20(12(22)23)9-3-5-10(6-4-9)21-11(13(14,15)16)17-18-19-21/h8-10H,3-7H2,1-2H3,(H,22,23). The molecule has 1 aromatic rings. The van der Waals surface area contributed by atoms with Crippen LogP contribution in [0.2, 0.25) is 0 Å². The molecule has 0 aliphatic heterocycles. The van der Waals surface area contributed by atoms with Gasteiger partial charge in [-0.25, -0.2) is 17.9 Å². The average Bonchev–Trinajstić information content (AvgIpc) is 3.02. The third-order valence-corrected chi connectivity index (χ3v) is 6.56. The minimum absolute atomic E-state index is 0.213. The fourth-order valence-electron chi connectivity index (χ4n) is 2.90. The first-order valence-corrected chi connectivity index (χ1v) is 9.71. The normalized spacial score (nSPS) is 21.8. The topological polar surface area (TPSA) is 118 Å². The van der Waals surface area contributed by atoms with Crippen LogP contribution in [0.1, 0.15) is 51.4 Å². The van der Waals surface area contributed by atoms with Crippen LogP contribution in [-0.4, -0.2) is 61.9 Å². The van der Waals surface area contributed by atoms with Crippen LogP contribution in [0.5, 0.6) is 0 Å². The molecule has 148 valence electrons. The first-order chi connectivity index (χ1) is 11.9. The van der Waals surface area contributed by atoms with Crippen molar-refractivity contribution < 1.29 is 31.5 Å². The second-order valence-electron chi connectivity index (χ2n) is 6.50. The molecule has 0 radical (unpaired) electrons. The van der Waals surface area contributed by atoms with Gasteiger partial charge >= 0.3 is 12.3 Å². The van der Waals surface area contributed by atoms with Crippen LogP contribution < -0.4 is 0 Å². The highest BCUT2D eigenvalue weighted by atomic mass is 32.2. The maximum absolute atomic E-state index is 12.9. The molecular weight excluding hydrogens is 379 g/mol. The SMILES string of the molecule is CC(C)S(=O)(=O)CN(C(=O)O)C1CCC(n2nnnc2C(F)(F)F)CC1. The number of amides is 1. The number of sulfone groups is 1. The van der Waals surface area contributed by atoms with Crippen molar-refractivity contribution in [2.24, 2.45) is 0 Å². The molecule has 1 fully saturated rings. The van der Waals surface area contributed by atoms with E-state index in [2.05, 4.69) is 15.5 Å². The fraction of sp³-hybridized carbons (Fsp3) is 0.846. The van der Waals surface area contributed by atoms with E-state index in [0.717, 1.165) is 4.90 Å². The molecule has 1 N–H and O–H groups in total. The molecule has 9 nitrogen and oxygen atoms in total. The molecule has 1 saturated carbocycles. The monoisotopic (exact) mass is 399 g/mol. The fourth-order valence-corrected chi connectivity index (χ4v) is 3.91. The number of carboxylic acid groups (broad SMARTS) is 1. The molecule has 1 aliphatic carbocycles. The van der Waals surface area contributed by atoms with Gasteiger partial charge in [0.05, 0.1) is 11.3 Å². The molecule has 0 atom stereocenters. The lowest BCUT2D eigenvalue weighted by molar-refractivity contribution is -0.149. The van der Waals surface area contributed by atoms with E-state index in [-0.39, 0.29) is 25.7 Å². The molecule has 26 heavy (non-hydrogen) atoms. The minimum atomic E-state index is -4.68. The van der Waals surface area contributed by atoms with Crippen LogP contribution in [0.15, 0.2) is 0 Å². The van der Waals surface area contributed by atoms with Crippen LogP contribution in [0.3, 0.4) is 0 Å². The second kappa shape index (κ2) is 7.37. The molecule has 0 saturated heterocycles. The van der Waals surface area contributed by atoms with Crippen molar-refractivity contribution in [3.8, 4) is 0 Å². The molecule has 0 unspecified atom stereocenters. The summed E-state index contributed by atoms with van der Waals surface area (Å²) in [7, 11) is -3.62. The highest BCUT2D eigenvalue weighted by Gasteiger charge is 2.41. The summed E-state index contributed by atoms with van der Waals surface area (Å²) < 4.78 is 63.5. The Bertz CT molecular complexity index is 741. The van der Waals surface area contributed by atoms with Gasteiger partial charge in [-0.15, -0.1) is 5.10 Å². The minimum Gasteiger partial charge on any atom is -0.465 e. The zero-order valence-corrected chi connectivity index (χ0v) is 15.0. The van der Waals surface area contributed by atoms with E-state index in [1.807, 2.05) is 0 Å². The van der Waals surface area contributed by atoms with Crippen molar-refractivity contribution in [2.75, 3.05) is 5.88 Å². The predicted molar refractivity (Wildman–Crippen MR) is 82.9 cm³/mol. The Kier molecular flexibility index (Phi) is 5.78. The Hall–Kier alpha value is -1.92. The Balaban J connectivity index is 2.09. The van der Waals surface area contributed by atoms with Gasteiger partial charge in [0.15, 0.2) is 9.84 Å². The van der Waals surface area contributed by atoms with E-state index in [0.29, 0.717) is 4.68 Å². The number of hydrogen-bond donors (Lipinski definition) is 1. The molecule has 1 aliphatic rings. The third-order valence-electron chi connectivity index (χ3n) is 4.48. The Labute approximate surface area is 148 Å². The van der Waals surface area contributed by atoms with Crippen LogP contribution in [0.25, 0.3) is 0 Å². The Morgan fingerprint density at radius 3 is 2.35 bits per heavy atom. The number of aromatic nitrogens is 4. The summed E-state index contributed by atoms with van der Waals surface area (Å²) in [6.45, 7) is 2.92. The van der Waals surface area contributed by atoms with Gasteiger partial charge in [-0.05, 0) is 50.0 Å². The average molecular weight is 399 g/mol. The zero-order chi connectivity index (χ0) is 19.7. The number of rotatable bonds is 5. The summed E-state index contributed by atoms with van der Waals surface area (Å²) >= 11 is 0. The van der Waals surface area contributed by atoms with Crippen molar-refractivity contribution in [2.45, 2.75) is 63.0 Å². The van der Waals surface area contributed by atoms with Gasteiger partial charge in [0.1, 0.15) is 5.88 Å². The molecule has 0 spiro atoms. The summed E-state index contributed by atoms with van der Waals surface area (Å²) in [6.07, 6.45) is -5.17. The molecule has 0 aromatic carbocycles. The largest absolute Gasteiger partial charge is 0.465 e. The van der Waals surface area contributed by atoms with E-state index < -0.39 is 51.1 Å². The van der Waals surface area contributed by atoms with Crippen molar-refractivity contribution >= 4 is 15.9 Å². The molecule has 1 aromatic heterocycles. The molecule has 1 heterocycles. The number of carbonyl (C=O) groups is 1. The van der Waals surface area contributed by atoms with E-state index in [4.69, 9.17) is 0 Å². The van der Waals surface area contributed by atoms with Gasteiger partial charge in [0.2, 0.25) is 0 Å². The van der Waals surface area contributed by atoms with Gasteiger partial charge in [-0.1, -0.05) is 0 Å². The van der Waals surface area contributed by atoms with Crippen LogP contribution in [0, 0.1) is 0 Å². The highest BCUT2D eigenvalue weighted by Crippen LogP contribution is 2.35. The lowest BCUT2D eigenvalue weighted by atomic mass is 9.90. The van der Waals surface area contributed by atoms with E-state index >= 15 is 0 Å². The van der Waals surface area contributed by atoms with Crippen LogP contribution >= 0.6 is 0 Å². The number of halogens is 3. The summed E-state index contributed by atoms with van der Waals surface area (Å²) in [5.41, 5.74) is 0. The van der Waals surface area contributed by atoms with Crippen LogP contribution in [-0.2, 0) is 16.0 Å². The lowest BCUT2D eigenvalue weighted by Crippen LogP contribution is -2.46. The first kappa shape index (κ1) is 20.4. The number of nitrogens with zero attached hydrogens (tertiary/aromatic N) is 5. The van der Waals surface area contributed by atoms with Crippen molar-refractivity contribution in [3.63, 3.8) is 0 Å². The number of hydrogen-bond acceptors (Lipinski definition) is 6. The summed E-state index contributed by atoms with van der Waals surface area (Å²) in [6, 6.07) is -1.20. The quantitative estimate of drug-likeness (QED) is 0.804. The molecular formula is C13H20F3N5O4S. The van der Waals surface area contributed by atoms with E-state index in [1.54, 1.807) is 0 Å². The van der Waals surface area contributed by atoms with E-state index in [1.165, 1.54) is 13.8 Å². The zero-order valence-electron chi connectivity index (χ0n) is 14.2. The molecule has 0 bridgehead atoms. The van der Waals surface area contributed by atoms with Gasteiger partial charge in [-0.3, -0.25) is 4.90 Å². The Morgan fingerprint density at radius 1 is 1.31 bits per heavy atom. The van der Waals surface area contributed by atoms with Gasteiger partial charge in [0, 0.05) is 6.04 Å². The van der Waals surface area contributed by atoms with Crippen LogP contribution in [0.4, 0.5) is 18.0 Å². The lowest BCUT2D eigenvalue weighted by Gasteiger charge is -2.35. The Morgan fingerprint density at radius 2 is 1.88 bits per heavy atom. The third kappa shape index (κ3) is 4.43. The first-order valence-electron chi connectivity index (χ1n) is 7.99. The molecule has 1 amide bonds. The smallest absolute Gasteiger partial charge is 0.453 e. The van der Waals surface area contributed by atoms with E-state index in [9.17, 15) is 31.5 Å². The van der Waals surface area contributed by atoms with Crippen molar-refractivity contribution in [1.29, 1.82) is 0 Å². The second-order valence-corrected chi connectivity index (χ2v) is 9.03. The van der Waals surface area contributed by atoms with Gasteiger partial charge in [0.25, 0.3) is 5.82 Å². The summed E-state index contributed by atoms with van der Waals surface area (Å²) in [5.74, 6) is -1.83. The summed E-state index contributed by atoms with van der Waals surface area (Å²) in [5, 5.41) is 18.1. The van der Waals surface area contributed by atoms with Crippen molar-refractivity contribution in [3.05, 3.63) is 5.82 Å². The maximum atomic E-state index is 12.9. The summed E-state index contributed by atoms with van der Waals surface area (Å²) in [4.78, 5) is 12.3. The molecule has 13 heteroatoms. The number of tetrazole rings is 1. The van der Waals surface area contributed by atoms with Gasteiger partial charge in [-0.2, -0.15) is 13.2 Å².